The molecule has 3 aromatic carbocycles. The van der Waals surface area contributed by atoms with Gasteiger partial charge >= 0.3 is 59.7 Å². The van der Waals surface area contributed by atoms with Crippen LogP contribution in [0.15, 0.2) is 54.6 Å². The molecule has 0 amide bonds. The van der Waals surface area contributed by atoms with Crippen LogP contribution in [0.25, 0.3) is 0 Å². The maximum atomic E-state index is 13.8. The molecule has 0 bridgehead atoms. The third kappa shape index (κ3) is 16.3. The molecule has 3 aromatic rings. The van der Waals surface area contributed by atoms with Crippen LogP contribution in [0.1, 0.15) is 115 Å². The predicted molar refractivity (Wildman–Crippen MR) is 289 cm³/mol. The summed E-state index contributed by atoms with van der Waals surface area (Å²) in [6.07, 6.45) is -13.6. The van der Waals surface area contributed by atoms with Crippen LogP contribution in [0.4, 0.5) is 5.69 Å². The van der Waals surface area contributed by atoms with E-state index in [1.807, 2.05) is 0 Å². The van der Waals surface area contributed by atoms with Crippen molar-refractivity contribution in [3.63, 3.8) is 0 Å². The molecule has 0 unspecified atom stereocenters. The second-order valence-corrected chi connectivity index (χ2v) is 20.2. The number of carbonyl (C=O) groups is 10. The van der Waals surface area contributed by atoms with Gasteiger partial charge in [-0.15, -0.1) is 0 Å². The monoisotopic (exact) mass is 1210 g/mol. The fraction of sp³-hybridized carbons (Fsp3) is 0.491. The molecule has 2 saturated heterocycles. The predicted octanol–water partition coefficient (Wildman–Crippen LogP) is 4.59. The lowest BCUT2D eigenvalue weighted by molar-refractivity contribution is -0.361. The van der Waals surface area contributed by atoms with E-state index in [2.05, 4.69) is 10.6 Å². The van der Waals surface area contributed by atoms with Crippen LogP contribution in [0, 0.1) is 0 Å². The number of carbonyl (C=O) groups excluding carboxylic acids is 10. The number of esters is 10. The first kappa shape index (κ1) is 64.3. The molecule has 0 radical (unpaired) electrons. The molecule has 458 valence electrons. The van der Waals surface area contributed by atoms with Gasteiger partial charge in [0.05, 0.1) is 5.56 Å². The summed E-state index contributed by atoms with van der Waals surface area (Å²) in [5.74, 6) is -6.94. The van der Waals surface area contributed by atoms with Crippen molar-refractivity contribution in [2.24, 2.45) is 0 Å². The molecule has 2 N–H and O–H groups in total. The Kier molecular flexibility index (Phi) is 21.6. The first-order valence-electron chi connectivity index (χ1n) is 26.8. The summed E-state index contributed by atoms with van der Waals surface area (Å²) in [7, 11) is 0. The molecule has 28 heteroatoms. The average molecular weight is 1210 g/mol. The number of nitrogens with one attached hydrogen (secondary N) is 2. The number of hydrogen-bond acceptors (Lipinski definition) is 26. The third-order valence-corrected chi connectivity index (χ3v) is 13.3. The van der Waals surface area contributed by atoms with Crippen molar-refractivity contribution < 1.29 is 119 Å². The SMILES string of the molecule is CC(=O)OC[C@H]1O[C@@H](O[C@H]2[C@H](OC(C)=O)[C@@H](OC(C)=O)[C@H](OCCCCCCNC(=S)Nc3ccc4c(c3)C(=O)OC43c4ccc(OC(C)=O)cc4Oc4cc(OC(C)=O)ccc43)O[C@@H]2COC(C)=O)[C@H](OC(C)=O)[C@@H](OC(C)=O)[C@H]1OC(C)=O. The van der Waals surface area contributed by atoms with E-state index >= 15 is 0 Å². The first-order chi connectivity index (χ1) is 40.3. The molecule has 0 aromatic heterocycles. The van der Waals surface area contributed by atoms with Gasteiger partial charge < -0.3 is 81.7 Å². The van der Waals surface area contributed by atoms with Gasteiger partial charge in [-0.1, -0.05) is 18.9 Å². The maximum Gasteiger partial charge on any atom is 0.340 e. The molecule has 4 aliphatic rings. The molecule has 0 aliphatic carbocycles. The van der Waals surface area contributed by atoms with E-state index in [1.54, 1.807) is 42.5 Å². The van der Waals surface area contributed by atoms with Gasteiger partial charge in [0.25, 0.3) is 0 Å². The second kappa shape index (κ2) is 28.5. The fourth-order valence-corrected chi connectivity index (χ4v) is 10.2. The highest BCUT2D eigenvalue weighted by atomic mass is 32.1. The van der Waals surface area contributed by atoms with Crippen LogP contribution < -0.4 is 24.8 Å². The minimum atomic E-state index is -1.84. The molecular weight excluding hydrogens is 1140 g/mol. The maximum absolute atomic E-state index is 13.8. The molecule has 4 heterocycles. The molecule has 27 nitrogen and oxygen atoms in total. The Morgan fingerprint density at radius 3 is 1.52 bits per heavy atom. The molecule has 4 aliphatic heterocycles. The molecular formula is C57H64N2O25S. The quantitative estimate of drug-likeness (QED) is 0.0457. The summed E-state index contributed by atoms with van der Waals surface area (Å²) < 4.78 is 86.5. The lowest BCUT2D eigenvalue weighted by atomic mass is 9.77. The van der Waals surface area contributed by atoms with Crippen molar-refractivity contribution in [1.82, 2.24) is 5.32 Å². The number of hydrogen-bond donors (Lipinski definition) is 2. The van der Waals surface area contributed by atoms with Gasteiger partial charge in [0.15, 0.2) is 53.8 Å². The number of benzene rings is 3. The normalized spacial score (nSPS) is 23.1. The van der Waals surface area contributed by atoms with Gasteiger partial charge in [-0.05, 0) is 61.5 Å². The number of thiocarbonyl (C=S) groups is 1. The smallest absolute Gasteiger partial charge is 0.340 e. The third-order valence-electron chi connectivity index (χ3n) is 13.1. The molecule has 85 heavy (non-hydrogen) atoms. The topological polar surface area (TPSA) is 333 Å². The minimum absolute atomic E-state index is 0.00496. The molecule has 2 fully saturated rings. The van der Waals surface area contributed by atoms with Crippen LogP contribution in [0.5, 0.6) is 23.0 Å². The highest BCUT2D eigenvalue weighted by Crippen LogP contribution is 2.57. The van der Waals surface area contributed by atoms with E-state index in [1.165, 1.54) is 26.0 Å². The Labute approximate surface area is 492 Å². The van der Waals surface area contributed by atoms with Crippen molar-refractivity contribution in [2.75, 3.05) is 31.7 Å². The summed E-state index contributed by atoms with van der Waals surface area (Å²) in [6, 6.07) is 14.5. The molecule has 1 spiro atoms. The second-order valence-electron chi connectivity index (χ2n) is 19.8. The highest BCUT2D eigenvalue weighted by molar-refractivity contribution is 7.80. The van der Waals surface area contributed by atoms with Crippen molar-refractivity contribution in [3.8, 4) is 23.0 Å². The van der Waals surface area contributed by atoms with Crippen molar-refractivity contribution >= 4 is 82.7 Å². The Morgan fingerprint density at radius 1 is 0.518 bits per heavy atom. The van der Waals surface area contributed by atoms with Crippen molar-refractivity contribution in [2.45, 2.75) is 155 Å². The zero-order valence-electron chi connectivity index (χ0n) is 47.7. The van der Waals surface area contributed by atoms with E-state index in [0.717, 1.165) is 48.5 Å². The summed E-state index contributed by atoms with van der Waals surface area (Å²) in [5, 5.41) is 6.52. The number of ether oxygens (including phenoxy) is 15. The number of anilines is 1. The zero-order valence-corrected chi connectivity index (χ0v) is 48.6. The Bertz CT molecular complexity index is 3010. The van der Waals surface area contributed by atoms with E-state index in [4.69, 9.17) is 83.3 Å². The Hall–Kier alpha value is -8.31. The van der Waals surface area contributed by atoms with E-state index in [0.29, 0.717) is 54.6 Å². The Morgan fingerprint density at radius 2 is 0.988 bits per heavy atom. The van der Waals surface area contributed by atoms with E-state index < -0.39 is 140 Å². The van der Waals surface area contributed by atoms with Gasteiger partial charge in [0.2, 0.25) is 0 Å². The first-order valence-corrected chi connectivity index (χ1v) is 27.2. The van der Waals surface area contributed by atoms with E-state index in [-0.39, 0.29) is 40.3 Å². The lowest BCUT2D eigenvalue weighted by Crippen LogP contribution is -2.67. The fourth-order valence-electron chi connectivity index (χ4n) is 9.99. The van der Waals surface area contributed by atoms with Crippen LogP contribution in [0.2, 0.25) is 0 Å². The average Bonchev–Trinajstić information content (AvgIpc) is 1.90. The standard InChI is InChI=1S/C57H64N2O25S/c1-27(60)71-25-45-47(75-31(5)64)49(76-32(6)65)52(79-35(9)68)55(82-45)83-48-46(26-72-28(2)61)81-54(51(78-34(8)67)50(48)77-33(7)66)70-21-13-11-10-12-20-58-56(85)59-36-14-17-40-39(22-36)53(69)84-57(40)41-18-15-37(73-29(3)62)23-43(41)80-44-24-38(74-30(4)63)16-19-42(44)57/h14-19,22-24,45-52,54-55H,10-13,20-21,25-26H2,1-9H3,(H2,58,59,85)/t45-,46-,47+,48-,49+,50+,51-,52-,54-,55+/m1/s1. The van der Waals surface area contributed by atoms with Gasteiger partial charge in [-0.3, -0.25) is 43.2 Å². The van der Waals surface area contributed by atoms with Gasteiger partial charge in [0, 0.05) is 110 Å². The van der Waals surface area contributed by atoms with Gasteiger partial charge in [-0.25, -0.2) is 4.79 Å². The van der Waals surface area contributed by atoms with Crippen LogP contribution >= 0.6 is 12.2 Å². The van der Waals surface area contributed by atoms with Crippen LogP contribution in [0.3, 0.4) is 0 Å². The molecule has 10 atom stereocenters. The van der Waals surface area contributed by atoms with Crippen molar-refractivity contribution in [1.29, 1.82) is 0 Å². The highest BCUT2D eigenvalue weighted by Gasteiger charge is 2.58. The Balaban J connectivity index is 0.994. The van der Waals surface area contributed by atoms with Crippen LogP contribution in [-0.4, -0.2) is 153 Å². The number of fused-ring (bicyclic) bond motifs is 6. The number of rotatable bonds is 22. The summed E-state index contributed by atoms with van der Waals surface area (Å²) >= 11 is 5.61. The minimum Gasteiger partial charge on any atom is -0.463 e. The van der Waals surface area contributed by atoms with E-state index in [9.17, 15) is 47.9 Å². The van der Waals surface area contributed by atoms with Crippen LogP contribution in [-0.2, 0) is 106 Å². The lowest BCUT2D eigenvalue weighted by Gasteiger charge is -2.48. The summed E-state index contributed by atoms with van der Waals surface area (Å²) in [4.78, 5) is 125. The summed E-state index contributed by atoms with van der Waals surface area (Å²) in [5.41, 5.74) is 0.604. The molecule has 0 saturated carbocycles. The largest absolute Gasteiger partial charge is 0.463 e. The number of unbranched alkanes of at least 4 members (excludes halogenated alkanes) is 3. The summed E-state index contributed by atoms with van der Waals surface area (Å²) in [6.45, 7) is 9.22. The van der Waals surface area contributed by atoms with Gasteiger partial charge in [0.1, 0.15) is 54.5 Å². The molecule has 7 rings (SSSR count). The van der Waals surface area contributed by atoms with Gasteiger partial charge in [-0.2, -0.15) is 0 Å². The van der Waals surface area contributed by atoms with Crippen molar-refractivity contribution in [3.05, 3.63) is 76.9 Å². The zero-order chi connectivity index (χ0) is 61.9.